The van der Waals surface area contributed by atoms with Gasteiger partial charge in [0.1, 0.15) is 6.54 Å². The summed E-state index contributed by atoms with van der Waals surface area (Å²) in [5.41, 5.74) is 1.94. The Hall–Kier alpha value is -3.50. The van der Waals surface area contributed by atoms with Gasteiger partial charge >= 0.3 is 0 Å². The summed E-state index contributed by atoms with van der Waals surface area (Å²) in [5, 5.41) is 18.3. The van der Waals surface area contributed by atoms with Gasteiger partial charge in [0, 0.05) is 9.86 Å². The van der Waals surface area contributed by atoms with Crippen molar-refractivity contribution in [2.45, 2.75) is 11.8 Å². The molecule has 8 nitrogen and oxygen atoms in total. The van der Waals surface area contributed by atoms with E-state index in [0.717, 1.165) is 14.3 Å². The Morgan fingerprint density at radius 1 is 1.06 bits per heavy atom. The number of rotatable bonds is 6. The Labute approximate surface area is 198 Å². The number of fused-ring (bicyclic) bond motifs is 1. The first-order chi connectivity index (χ1) is 15.8. The fourth-order valence-corrected chi connectivity index (χ4v) is 5.02. The van der Waals surface area contributed by atoms with Crippen molar-refractivity contribution in [1.82, 2.24) is 4.98 Å². The van der Waals surface area contributed by atoms with Crippen LogP contribution in [0.4, 0.5) is 11.4 Å². The number of hydrogen-bond donors (Lipinski definition) is 2. The van der Waals surface area contributed by atoms with Crippen LogP contribution >= 0.6 is 15.9 Å². The molecule has 10 heteroatoms. The fourth-order valence-electron chi connectivity index (χ4n) is 3.24. The van der Waals surface area contributed by atoms with Crippen LogP contribution in [0.15, 0.2) is 92.4 Å². The number of aryl methyl sites for hydroxylation is 1. The molecular weight excluding hydrogens is 508 g/mol. The van der Waals surface area contributed by atoms with E-state index in [1.165, 1.54) is 12.1 Å². The molecule has 0 aliphatic heterocycles. The maximum atomic E-state index is 13.3. The monoisotopic (exact) mass is 526 g/mol. The van der Waals surface area contributed by atoms with E-state index >= 15 is 0 Å². The second-order valence-electron chi connectivity index (χ2n) is 7.27. The number of benzene rings is 3. The van der Waals surface area contributed by atoms with Crippen LogP contribution in [-0.2, 0) is 14.8 Å². The molecule has 4 rings (SSSR count). The van der Waals surface area contributed by atoms with Gasteiger partial charge in [-0.25, -0.2) is 8.42 Å². The van der Waals surface area contributed by atoms with E-state index in [0.29, 0.717) is 16.6 Å². The third-order valence-corrected chi connectivity index (χ3v) is 7.19. The molecule has 1 heterocycles. The third kappa shape index (κ3) is 4.81. The summed E-state index contributed by atoms with van der Waals surface area (Å²) in [4.78, 5) is 15.5. The number of aromatic nitrogens is 1. The van der Waals surface area contributed by atoms with Crippen molar-refractivity contribution < 1.29 is 18.3 Å². The number of azo groups is 1. The van der Waals surface area contributed by atoms with Crippen LogP contribution in [0.3, 0.4) is 0 Å². The molecule has 0 radical (unpaired) electrons. The van der Waals surface area contributed by atoms with E-state index in [4.69, 9.17) is 0 Å². The van der Waals surface area contributed by atoms with Gasteiger partial charge in [-0.05, 0) is 49.4 Å². The number of H-pyrrole nitrogens is 1. The molecule has 0 unspecified atom stereocenters. The Kier molecular flexibility index (Phi) is 6.30. The van der Waals surface area contributed by atoms with Gasteiger partial charge < -0.3 is 10.1 Å². The van der Waals surface area contributed by atoms with Crippen LogP contribution in [0.2, 0.25) is 0 Å². The Bertz CT molecular complexity index is 1450. The second-order valence-corrected chi connectivity index (χ2v) is 10.0. The molecule has 0 fully saturated rings. The topological polar surface area (TPSA) is 115 Å². The second kappa shape index (κ2) is 9.16. The largest absolute Gasteiger partial charge is 0.493 e. The summed E-state index contributed by atoms with van der Waals surface area (Å²) >= 11 is 3.35. The van der Waals surface area contributed by atoms with E-state index in [1.807, 2.05) is 6.92 Å². The number of nitrogens with zero attached hydrogens (tertiary/aromatic N) is 3. The number of hydrogen-bond acceptors (Lipinski definition) is 5. The van der Waals surface area contributed by atoms with Gasteiger partial charge in [0.25, 0.3) is 15.9 Å². The van der Waals surface area contributed by atoms with Gasteiger partial charge in [0.05, 0.1) is 16.1 Å². The zero-order valence-electron chi connectivity index (χ0n) is 17.4. The average molecular weight is 527 g/mol. The lowest BCUT2D eigenvalue weighted by Gasteiger charge is -2.23. The minimum atomic E-state index is -4.04. The van der Waals surface area contributed by atoms with Crippen LogP contribution < -0.4 is 4.31 Å². The van der Waals surface area contributed by atoms with Crippen molar-refractivity contribution >= 4 is 54.1 Å². The van der Waals surface area contributed by atoms with Crippen LogP contribution in [0.1, 0.15) is 5.56 Å². The Balaban J connectivity index is 1.66. The number of aromatic amines is 1. The van der Waals surface area contributed by atoms with Crippen LogP contribution in [0.5, 0.6) is 5.88 Å². The smallest absolute Gasteiger partial charge is 0.285 e. The lowest BCUT2D eigenvalue weighted by molar-refractivity contribution is -0.116. The quantitative estimate of drug-likeness (QED) is 0.325. The SMILES string of the molecule is Cc1ccc(S(=O)(=O)N(CC(=O)N=Nc2c(O)[nH]c3ccc(Br)cc23)c2ccccc2)cc1. The first-order valence-electron chi connectivity index (χ1n) is 9.85. The summed E-state index contributed by atoms with van der Waals surface area (Å²) in [5.74, 6) is -1.04. The van der Waals surface area contributed by atoms with Gasteiger partial charge in [-0.1, -0.05) is 51.8 Å². The highest BCUT2D eigenvalue weighted by molar-refractivity contribution is 9.10. The lowest BCUT2D eigenvalue weighted by Crippen LogP contribution is -2.35. The minimum Gasteiger partial charge on any atom is -0.493 e. The van der Waals surface area contributed by atoms with E-state index in [1.54, 1.807) is 60.7 Å². The molecule has 0 spiro atoms. The summed E-state index contributed by atoms with van der Waals surface area (Å²) in [6, 6.07) is 19.9. The molecule has 33 heavy (non-hydrogen) atoms. The van der Waals surface area contributed by atoms with Crippen molar-refractivity contribution in [1.29, 1.82) is 0 Å². The molecule has 168 valence electrons. The van der Waals surface area contributed by atoms with Gasteiger partial charge in [-0.15, -0.1) is 10.2 Å². The van der Waals surface area contributed by atoms with Crippen LogP contribution in [0.25, 0.3) is 10.9 Å². The number of carbonyl (C=O) groups excluding carboxylic acids is 1. The standard InChI is InChI=1S/C23H19BrN4O4S/c1-15-7-10-18(11-8-15)33(31,32)28(17-5-3-2-4-6-17)14-21(29)26-27-22-19-13-16(24)9-12-20(19)25-23(22)30/h2-13,25,30H,14H2,1H3. The number of halogens is 1. The molecule has 0 aliphatic carbocycles. The first kappa shape index (κ1) is 22.7. The molecule has 1 aromatic heterocycles. The van der Waals surface area contributed by atoms with E-state index < -0.39 is 22.5 Å². The van der Waals surface area contributed by atoms with E-state index in [9.17, 15) is 18.3 Å². The number of aromatic hydroxyl groups is 1. The summed E-state index contributed by atoms with van der Waals surface area (Å²) in [6.45, 7) is 1.30. The maximum absolute atomic E-state index is 13.3. The molecule has 0 aliphatic rings. The highest BCUT2D eigenvalue weighted by atomic mass is 79.9. The molecule has 0 atom stereocenters. The normalized spacial score (nSPS) is 11.8. The minimum absolute atomic E-state index is 0.0563. The molecular formula is C23H19BrN4O4S. The van der Waals surface area contributed by atoms with Crippen molar-refractivity contribution in [3.63, 3.8) is 0 Å². The van der Waals surface area contributed by atoms with Crippen molar-refractivity contribution in [3.05, 3.63) is 82.8 Å². The zero-order valence-corrected chi connectivity index (χ0v) is 19.8. The highest BCUT2D eigenvalue weighted by Gasteiger charge is 2.27. The summed E-state index contributed by atoms with van der Waals surface area (Å²) < 4.78 is 28.4. The number of para-hydroxylation sites is 1. The van der Waals surface area contributed by atoms with Crippen LogP contribution in [0, 0.1) is 6.92 Å². The van der Waals surface area contributed by atoms with E-state index in [2.05, 4.69) is 31.1 Å². The molecule has 1 amide bonds. The average Bonchev–Trinajstić information content (AvgIpc) is 3.11. The molecule has 0 saturated heterocycles. The zero-order chi connectivity index (χ0) is 23.6. The third-order valence-electron chi connectivity index (χ3n) is 4.91. The molecule has 4 aromatic rings. The van der Waals surface area contributed by atoms with Gasteiger partial charge in [-0.2, -0.15) is 0 Å². The fraction of sp³-hybridized carbons (Fsp3) is 0.0870. The molecule has 3 aromatic carbocycles. The molecule has 0 bridgehead atoms. The number of anilines is 1. The van der Waals surface area contributed by atoms with Crippen molar-refractivity contribution in [2.75, 3.05) is 10.8 Å². The van der Waals surface area contributed by atoms with Crippen molar-refractivity contribution in [3.8, 4) is 5.88 Å². The van der Waals surface area contributed by atoms with Crippen molar-refractivity contribution in [2.24, 2.45) is 10.2 Å². The summed E-state index contributed by atoms with van der Waals surface area (Å²) in [7, 11) is -4.04. The van der Waals surface area contributed by atoms with Crippen LogP contribution in [-0.4, -0.2) is 31.0 Å². The number of sulfonamides is 1. The number of nitrogens with one attached hydrogen (secondary N) is 1. The highest BCUT2D eigenvalue weighted by Crippen LogP contribution is 2.36. The predicted molar refractivity (Wildman–Crippen MR) is 129 cm³/mol. The summed E-state index contributed by atoms with van der Waals surface area (Å²) in [6.07, 6.45) is 0. The number of amides is 1. The molecule has 0 saturated carbocycles. The van der Waals surface area contributed by atoms with E-state index in [-0.39, 0.29) is 16.5 Å². The maximum Gasteiger partial charge on any atom is 0.285 e. The Morgan fingerprint density at radius 2 is 1.76 bits per heavy atom. The first-order valence-corrected chi connectivity index (χ1v) is 12.1. The van der Waals surface area contributed by atoms with Gasteiger partial charge in [0.2, 0.25) is 5.88 Å². The lowest BCUT2D eigenvalue weighted by atomic mass is 10.2. The molecule has 2 N–H and O–H groups in total. The number of carbonyl (C=O) groups is 1. The predicted octanol–water partition coefficient (Wildman–Crippen LogP) is 5.45. The Morgan fingerprint density at radius 3 is 2.45 bits per heavy atom. The van der Waals surface area contributed by atoms with Gasteiger partial charge in [-0.3, -0.25) is 9.10 Å². The van der Waals surface area contributed by atoms with Gasteiger partial charge in [0.15, 0.2) is 5.69 Å².